The summed E-state index contributed by atoms with van der Waals surface area (Å²) in [5.41, 5.74) is 0.505. The molecular formula is C19H22FNO4S. The van der Waals surface area contributed by atoms with Crippen LogP contribution in [-0.4, -0.2) is 35.3 Å². The molecule has 0 bridgehead atoms. The molecule has 1 fully saturated rings. The van der Waals surface area contributed by atoms with Crippen molar-refractivity contribution in [2.75, 3.05) is 26.9 Å². The summed E-state index contributed by atoms with van der Waals surface area (Å²) < 4.78 is 51.8. The maximum atomic E-state index is 13.3. The van der Waals surface area contributed by atoms with Gasteiger partial charge in [-0.15, -0.1) is 0 Å². The quantitative estimate of drug-likeness (QED) is 0.838. The highest BCUT2D eigenvalue weighted by atomic mass is 32.2. The van der Waals surface area contributed by atoms with Gasteiger partial charge in [0.15, 0.2) is 0 Å². The van der Waals surface area contributed by atoms with Gasteiger partial charge in [0.05, 0.1) is 12.0 Å². The van der Waals surface area contributed by atoms with E-state index in [1.165, 1.54) is 31.4 Å². The molecule has 26 heavy (non-hydrogen) atoms. The number of hydrogen-bond donors (Lipinski definition) is 1. The van der Waals surface area contributed by atoms with Crippen LogP contribution in [0.15, 0.2) is 53.4 Å². The summed E-state index contributed by atoms with van der Waals surface area (Å²) in [6.07, 6.45) is 1.34. The van der Waals surface area contributed by atoms with Crippen LogP contribution in [0.1, 0.15) is 18.4 Å². The molecule has 1 saturated heterocycles. The van der Waals surface area contributed by atoms with Crippen molar-refractivity contribution < 1.29 is 22.3 Å². The Morgan fingerprint density at radius 1 is 1.08 bits per heavy atom. The van der Waals surface area contributed by atoms with Gasteiger partial charge < -0.3 is 9.47 Å². The molecule has 3 rings (SSSR count). The minimum absolute atomic E-state index is 0.180. The first-order chi connectivity index (χ1) is 12.5. The molecule has 2 aromatic carbocycles. The van der Waals surface area contributed by atoms with E-state index in [9.17, 15) is 12.8 Å². The fourth-order valence-electron chi connectivity index (χ4n) is 3.20. The first-order valence-corrected chi connectivity index (χ1v) is 9.91. The van der Waals surface area contributed by atoms with E-state index in [1.807, 2.05) is 0 Å². The lowest BCUT2D eigenvalue weighted by molar-refractivity contribution is 0.0517. The third-order valence-corrected chi connectivity index (χ3v) is 6.29. The lowest BCUT2D eigenvalue weighted by atomic mass is 9.74. The van der Waals surface area contributed by atoms with E-state index >= 15 is 0 Å². The number of sulfonamides is 1. The second-order valence-corrected chi connectivity index (χ2v) is 8.17. The molecule has 0 radical (unpaired) electrons. The summed E-state index contributed by atoms with van der Waals surface area (Å²) >= 11 is 0. The zero-order valence-corrected chi connectivity index (χ0v) is 15.4. The van der Waals surface area contributed by atoms with Crippen molar-refractivity contribution in [2.24, 2.45) is 0 Å². The minimum Gasteiger partial charge on any atom is -0.497 e. The highest BCUT2D eigenvalue weighted by Gasteiger charge is 2.35. The molecule has 0 amide bonds. The van der Waals surface area contributed by atoms with Crippen LogP contribution >= 0.6 is 0 Å². The van der Waals surface area contributed by atoms with Gasteiger partial charge in [-0.05, 0) is 54.8 Å². The van der Waals surface area contributed by atoms with Crippen molar-refractivity contribution in [1.29, 1.82) is 0 Å². The van der Waals surface area contributed by atoms with E-state index in [0.29, 0.717) is 31.8 Å². The molecule has 0 saturated carbocycles. The number of nitrogens with one attached hydrogen (secondary N) is 1. The molecule has 0 atom stereocenters. The van der Waals surface area contributed by atoms with Gasteiger partial charge >= 0.3 is 0 Å². The predicted octanol–water partition coefficient (Wildman–Crippen LogP) is 2.86. The number of hydrogen-bond acceptors (Lipinski definition) is 4. The highest BCUT2D eigenvalue weighted by molar-refractivity contribution is 7.89. The van der Waals surface area contributed by atoms with E-state index in [0.717, 1.165) is 5.56 Å². The molecule has 0 aliphatic carbocycles. The van der Waals surface area contributed by atoms with Crippen molar-refractivity contribution in [3.8, 4) is 5.75 Å². The average Bonchev–Trinajstić information content (AvgIpc) is 2.68. The van der Waals surface area contributed by atoms with Gasteiger partial charge in [-0.1, -0.05) is 12.1 Å². The van der Waals surface area contributed by atoms with Crippen molar-refractivity contribution in [2.45, 2.75) is 23.2 Å². The van der Waals surface area contributed by atoms with Gasteiger partial charge in [-0.2, -0.15) is 0 Å². The Hall–Kier alpha value is -1.96. The second kappa shape index (κ2) is 7.73. The smallest absolute Gasteiger partial charge is 0.240 e. The largest absolute Gasteiger partial charge is 0.497 e. The summed E-state index contributed by atoms with van der Waals surface area (Å²) in [4.78, 5) is 0.180. The Labute approximate surface area is 153 Å². The number of rotatable bonds is 6. The van der Waals surface area contributed by atoms with E-state index in [2.05, 4.69) is 4.72 Å². The molecule has 1 aliphatic heterocycles. The van der Waals surface area contributed by atoms with Crippen molar-refractivity contribution in [3.05, 3.63) is 59.9 Å². The molecule has 140 valence electrons. The zero-order valence-electron chi connectivity index (χ0n) is 14.6. The van der Waals surface area contributed by atoms with Crippen LogP contribution in [0.25, 0.3) is 0 Å². The Balaban J connectivity index is 1.81. The maximum absolute atomic E-state index is 13.3. The summed E-state index contributed by atoms with van der Waals surface area (Å²) in [6.45, 7) is 1.32. The van der Waals surface area contributed by atoms with E-state index in [1.54, 1.807) is 24.3 Å². The topological polar surface area (TPSA) is 64.6 Å². The number of benzene rings is 2. The Kier molecular flexibility index (Phi) is 5.60. The first kappa shape index (κ1) is 18.8. The molecule has 1 aliphatic rings. The fourth-order valence-corrected chi connectivity index (χ4v) is 4.33. The van der Waals surface area contributed by atoms with Gasteiger partial charge in [-0.3, -0.25) is 0 Å². The normalized spacial score (nSPS) is 17.0. The van der Waals surface area contributed by atoms with E-state index < -0.39 is 15.4 Å². The van der Waals surface area contributed by atoms with Gasteiger partial charge in [-0.25, -0.2) is 17.5 Å². The van der Waals surface area contributed by atoms with Crippen LogP contribution in [0.4, 0.5) is 4.39 Å². The van der Waals surface area contributed by atoms with Gasteiger partial charge in [0, 0.05) is 25.2 Å². The van der Waals surface area contributed by atoms with Crippen LogP contribution in [0.5, 0.6) is 5.75 Å². The van der Waals surface area contributed by atoms with Crippen LogP contribution in [0.3, 0.4) is 0 Å². The van der Waals surface area contributed by atoms with Gasteiger partial charge in [0.2, 0.25) is 10.0 Å². The van der Waals surface area contributed by atoms with Gasteiger partial charge in [0.1, 0.15) is 11.6 Å². The van der Waals surface area contributed by atoms with Crippen LogP contribution in [0, 0.1) is 5.82 Å². The Bertz CT molecular complexity index is 829. The predicted molar refractivity (Wildman–Crippen MR) is 96.3 cm³/mol. The van der Waals surface area contributed by atoms with Crippen LogP contribution in [0.2, 0.25) is 0 Å². The third kappa shape index (κ3) is 4.06. The molecule has 0 unspecified atom stereocenters. The molecule has 1 N–H and O–H groups in total. The lowest BCUT2D eigenvalue weighted by Gasteiger charge is -2.37. The number of methoxy groups -OCH3 is 1. The third-order valence-electron chi connectivity index (χ3n) is 4.88. The molecular weight excluding hydrogens is 357 g/mol. The Morgan fingerprint density at radius 2 is 1.69 bits per heavy atom. The molecule has 2 aromatic rings. The van der Waals surface area contributed by atoms with Crippen LogP contribution in [-0.2, 0) is 20.2 Å². The molecule has 1 heterocycles. The Morgan fingerprint density at radius 3 is 2.27 bits per heavy atom. The van der Waals surface area contributed by atoms with E-state index in [4.69, 9.17) is 9.47 Å². The summed E-state index contributed by atoms with van der Waals surface area (Å²) in [7, 11) is -2.13. The second-order valence-electron chi connectivity index (χ2n) is 6.40. The molecule has 0 aromatic heterocycles. The summed E-state index contributed by atoms with van der Waals surface area (Å²) in [6, 6.07) is 12.5. The van der Waals surface area contributed by atoms with Crippen molar-refractivity contribution >= 4 is 10.0 Å². The summed E-state index contributed by atoms with van der Waals surface area (Å²) in [5.74, 6) is 0.283. The average molecular weight is 379 g/mol. The van der Waals surface area contributed by atoms with Crippen molar-refractivity contribution in [3.63, 3.8) is 0 Å². The zero-order chi connectivity index (χ0) is 18.6. The highest BCUT2D eigenvalue weighted by Crippen LogP contribution is 2.34. The van der Waals surface area contributed by atoms with Crippen LogP contribution < -0.4 is 9.46 Å². The summed E-state index contributed by atoms with van der Waals surface area (Å²) in [5, 5.41) is 0. The fraction of sp³-hybridized carbons (Fsp3) is 0.368. The molecule has 7 heteroatoms. The molecule has 5 nitrogen and oxygen atoms in total. The monoisotopic (exact) mass is 379 g/mol. The van der Waals surface area contributed by atoms with Crippen molar-refractivity contribution in [1.82, 2.24) is 4.72 Å². The maximum Gasteiger partial charge on any atom is 0.240 e. The number of halogens is 1. The SMILES string of the molecule is COc1ccc(S(=O)(=O)NCC2(c3ccc(F)cc3)CCOCC2)cc1. The number of ether oxygens (including phenoxy) is 2. The lowest BCUT2D eigenvalue weighted by Crippen LogP contribution is -2.44. The first-order valence-electron chi connectivity index (χ1n) is 8.43. The van der Waals surface area contributed by atoms with E-state index in [-0.39, 0.29) is 17.3 Å². The molecule has 0 spiro atoms. The standard InChI is InChI=1S/C19H22FNO4S/c1-24-17-6-8-18(9-7-17)26(22,23)21-14-19(10-12-25-13-11-19)15-2-4-16(20)5-3-15/h2-9,21H,10-14H2,1H3. The van der Waals surface area contributed by atoms with Gasteiger partial charge in [0.25, 0.3) is 0 Å². The minimum atomic E-state index is -3.66.